The van der Waals surface area contributed by atoms with Crippen molar-refractivity contribution < 1.29 is 13.2 Å². The average molecular weight is 506 g/mol. The van der Waals surface area contributed by atoms with Crippen LogP contribution in [0.25, 0.3) is 0 Å². The van der Waals surface area contributed by atoms with Crippen molar-refractivity contribution in [1.82, 2.24) is 13.8 Å². The first-order valence-corrected chi connectivity index (χ1v) is 12.8. The van der Waals surface area contributed by atoms with E-state index in [-0.39, 0.29) is 33.4 Å². The summed E-state index contributed by atoms with van der Waals surface area (Å²) in [7, 11) is -2.08. The van der Waals surface area contributed by atoms with Gasteiger partial charge in [-0.05, 0) is 48.7 Å². The number of hydrogen-bond acceptors (Lipinski definition) is 3. The molecule has 0 bridgehead atoms. The van der Waals surface area contributed by atoms with Gasteiger partial charge < -0.3 is 9.47 Å². The maximum atomic E-state index is 13.5. The van der Waals surface area contributed by atoms with Gasteiger partial charge in [0.2, 0.25) is 15.9 Å². The van der Waals surface area contributed by atoms with Crippen molar-refractivity contribution in [3.8, 4) is 0 Å². The van der Waals surface area contributed by atoms with Crippen LogP contribution in [0.5, 0.6) is 0 Å². The number of aryl methyl sites for hydroxylation is 1. The molecule has 1 amide bonds. The number of rotatable bonds is 9. The Morgan fingerprint density at radius 2 is 1.76 bits per heavy atom. The summed E-state index contributed by atoms with van der Waals surface area (Å²) in [5.41, 5.74) is 1.93. The van der Waals surface area contributed by atoms with Crippen molar-refractivity contribution in [2.75, 3.05) is 6.54 Å². The number of benzene rings is 2. The summed E-state index contributed by atoms with van der Waals surface area (Å²) < 4.78 is 30.2. The summed E-state index contributed by atoms with van der Waals surface area (Å²) in [6.45, 7) is 0.488. The van der Waals surface area contributed by atoms with E-state index in [1.807, 2.05) is 60.3 Å². The zero-order valence-electron chi connectivity index (χ0n) is 18.2. The number of amides is 1. The lowest BCUT2D eigenvalue weighted by Crippen LogP contribution is -2.43. The Kier molecular flexibility index (Phi) is 7.14. The second-order valence-electron chi connectivity index (χ2n) is 8.20. The highest BCUT2D eigenvalue weighted by molar-refractivity contribution is 7.89. The number of carbonyl (C=O) groups is 1. The quantitative estimate of drug-likeness (QED) is 0.422. The lowest BCUT2D eigenvalue weighted by Gasteiger charge is -2.28. The minimum Gasteiger partial charge on any atom is -0.353 e. The molecular formula is C24H25Cl2N3O3S. The second kappa shape index (κ2) is 9.89. The molecule has 9 heteroatoms. The summed E-state index contributed by atoms with van der Waals surface area (Å²) in [6, 6.07) is 17.6. The van der Waals surface area contributed by atoms with Gasteiger partial charge in [0, 0.05) is 36.5 Å². The van der Waals surface area contributed by atoms with E-state index < -0.39 is 10.0 Å². The predicted octanol–water partition coefficient (Wildman–Crippen LogP) is 4.71. The van der Waals surface area contributed by atoms with Gasteiger partial charge in [-0.1, -0.05) is 53.5 Å². The van der Waals surface area contributed by atoms with E-state index in [4.69, 9.17) is 23.2 Å². The van der Waals surface area contributed by atoms with Crippen LogP contribution >= 0.6 is 23.2 Å². The Labute approximate surface area is 204 Å². The van der Waals surface area contributed by atoms with Crippen molar-refractivity contribution in [1.29, 1.82) is 0 Å². The minimum atomic E-state index is -4.00. The van der Waals surface area contributed by atoms with Crippen LogP contribution in [0.3, 0.4) is 0 Å². The molecule has 0 N–H and O–H groups in total. The molecule has 33 heavy (non-hydrogen) atoms. The smallest absolute Gasteiger partial charge is 0.245 e. The van der Waals surface area contributed by atoms with Crippen molar-refractivity contribution in [2.24, 2.45) is 7.05 Å². The van der Waals surface area contributed by atoms with Gasteiger partial charge in [-0.2, -0.15) is 4.31 Å². The van der Waals surface area contributed by atoms with Gasteiger partial charge in [-0.25, -0.2) is 8.42 Å². The molecule has 1 saturated carbocycles. The van der Waals surface area contributed by atoms with Crippen LogP contribution < -0.4 is 0 Å². The zero-order valence-corrected chi connectivity index (χ0v) is 20.5. The first-order chi connectivity index (χ1) is 15.8. The maximum Gasteiger partial charge on any atom is 0.245 e. The third-order valence-corrected chi connectivity index (χ3v) is 8.31. The number of halogens is 2. The van der Waals surface area contributed by atoms with Crippen LogP contribution in [0.1, 0.15) is 24.1 Å². The Morgan fingerprint density at radius 1 is 1.03 bits per heavy atom. The number of aromatic nitrogens is 1. The molecule has 1 aliphatic rings. The van der Waals surface area contributed by atoms with Crippen LogP contribution in [0.4, 0.5) is 0 Å². The van der Waals surface area contributed by atoms with Gasteiger partial charge in [0.25, 0.3) is 0 Å². The number of hydrogen-bond donors (Lipinski definition) is 0. The number of carbonyl (C=O) groups excluding carboxylic acids is 1. The first-order valence-electron chi connectivity index (χ1n) is 10.6. The highest BCUT2D eigenvalue weighted by atomic mass is 35.5. The van der Waals surface area contributed by atoms with Gasteiger partial charge >= 0.3 is 0 Å². The van der Waals surface area contributed by atoms with Gasteiger partial charge in [0.1, 0.15) is 4.90 Å². The van der Waals surface area contributed by atoms with Gasteiger partial charge in [-0.3, -0.25) is 4.79 Å². The summed E-state index contributed by atoms with van der Waals surface area (Å²) in [5, 5.41) is 0.358. The summed E-state index contributed by atoms with van der Waals surface area (Å²) in [6.07, 6.45) is 3.34. The summed E-state index contributed by atoms with van der Waals surface area (Å²) >= 11 is 12.3. The van der Waals surface area contributed by atoms with E-state index in [0.717, 1.165) is 11.3 Å². The lowest BCUT2D eigenvalue weighted by molar-refractivity contribution is -0.132. The molecule has 4 rings (SSSR count). The Hall–Kier alpha value is -2.32. The Bertz CT molecular complexity index is 1240. The summed E-state index contributed by atoms with van der Waals surface area (Å²) in [5.74, 6) is -0.270. The molecule has 6 nitrogen and oxygen atoms in total. The third kappa shape index (κ3) is 5.61. The van der Waals surface area contributed by atoms with E-state index in [1.54, 1.807) is 4.90 Å². The normalized spacial score (nSPS) is 13.9. The predicted molar refractivity (Wildman–Crippen MR) is 129 cm³/mol. The average Bonchev–Trinajstić information content (AvgIpc) is 3.55. The molecule has 3 aromatic rings. The van der Waals surface area contributed by atoms with Crippen LogP contribution in [-0.4, -0.2) is 40.7 Å². The van der Waals surface area contributed by atoms with Crippen LogP contribution in [0, 0.1) is 0 Å². The zero-order chi connectivity index (χ0) is 23.6. The van der Waals surface area contributed by atoms with Gasteiger partial charge in [-0.15, -0.1) is 0 Å². The second-order valence-corrected chi connectivity index (χ2v) is 10.9. The maximum absolute atomic E-state index is 13.5. The summed E-state index contributed by atoms with van der Waals surface area (Å²) in [4.78, 5) is 15.1. The molecule has 0 atom stereocenters. The van der Waals surface area contributed by atoms with E-state index >= 15 is 0 Å². The molecule has 2 aromatic carbocycles. The van der Waals surface area contributed by atoms with E-state index in [0.29, 0.717) is 25.9 Å². The molecule has 0 aliphatic heterocycles. The van der Waals surface area contributed by atoms with E-state index in [9.17, 15) is 13.2 Å². The molecule has 174 valence electrons. The van der Waals surface area contributed by atoms with Gasteiger partial charge in [0.15, 0.2) is 0 Å². The lowest BCUT2D eigenvalue weighted by atomic mass is 10.2. The van der Waals surface area contributed by atoms with E-state index in [2.05, 4.69) is 0 Å². The molecule has 0 spiro atoms. The fraction of sp³-hybridized carbons (Fsp3) is 0.292. The highest BCUT2D eigenvalue weighted by Crippen LogP contribution is 2.35. The van der Waals surface area contributed by atoms with Crippen molar-refractivity contribution >= 4 is 39.1 Å². The van der Waals surface area contributed by atoms with Crippen LogP contribution in [0.15, 0.2) is 71.8 Å². The van der Waals surface area contributed by atoms with Crippen LogP contribution in [0.2, 0.25) is 10.0 Å². The topological polar surface area (TPSA) is 62.6 Å². The molecule has 1 aliphatic carbocycles. The van der Waals surface area contributed by atoms with Crippen molar-refractivity contribution in [3.63, 3.8) is 0 Å². The first kappa shape index (κ1) is 23.8. The fourth-order valence-corrected chi connectivity index (χ4v) is 6.07. The van der Waals surface area contributed by atoms with Crippen molar-refractivity contribution in [3.05, 3.63) is 88.2 Å². The Balaban J connectivity index is 1.62. The molecular weight excluding hydrogens is 481 g/mol. The van der Waals surface area contributed by atoms with Crippen molar-refractivity contribution in [2.45, 2.75) is 36.9 Å². The highest BCUT2D eigenvalue weighted by Gasteiger charge is 2.41. The molecule has 1 aromatic heterocycles. The molecule has 0 radical (unpaired) electrons. The van der Waals surface area contributed by atoms with Gasteiger partial charge in [0.05, 0.1) is 18.1 Å². The molecule has 0 saturated heterocycles. The number of nitrogens with zero attached hydrogens (tertiary/aromatic N) is 3. The monoisotopic (exact) mass is 505 g/mol. The SMILES string of the molecule is Cn1cccc1CN(Cc1ccccc1)C(=O)CN(C1CC1)S(=O)(=O)c1cc(Cl)ccc1Cl. The van der Waals surface area contributed by atoms with E-state index in [1.165, 1.54) is 22.5 Å². The molecule has 1 fully saturated rings. The standard InChI is InChI=1S/C24H25Cl2N3O3S/c1-27-13-5-8-21(27)16-28(15-18-6-3-2-4-7-18)24(30)17-29(20-10-11-20)33(31,32)23-14-19(25)9-12-22(23)26/h2-9,12-14,20H,10-11,15-17H2,1H3. The molecule has 1 heterocycles. The Morgan fingerprint density at radius 3 is 2.39 bits per heavy atom. The fourth-order valence-electron chi connectivity index (χ4n) is 3.70. The van der Waals surface area contributed by atoms with Crippen LogP contribution in [-0.2, 0) is 35.0 Å². The molecule has 0 unspecified atom stereocenters. The minimum absolute atomic E-state index is 0.0755. The number of sulfonamides is 1. The third-order valence-electron chi connectivity index (χ3n) is 5.70. The largest absolute Gasteiger partial charge is 0.353 e.